The summed E-state index contributed by atoms with van der Waals surface area (Å²) in [6, 6.07) is 14.6. The van der Waals surface area contributed by atoms with E-state index in [0.29, 0.717) is 27.5 Å². The first-order chi connectivity index (χ1) is 18.5. The Morgan fingerprint density at radius 2 is 1.79 bits per heavy atom. The van der Waals surface area contributed by atoms with E-state index in [4.69, 9.17) is 9.47 Å². The van der Waals surface area contributed by atoms with Gasteiger partial charge in [-0.25, -0.2) is 14.6 Å². The Hall–Kier alpha value is -3.98. The van der Waals surface area contributed by atoms with Crippen LogP contribution in [-0.4, -0.2) is 41.0 Å². The van der Waals surface area contributed by atoms with Crippen LogP contribution in [0.5, 0.6) is 0 Å². The molecule has 0 aliphatic heterocycles. The van der Waals surface area contributed by atoms with Crippen molar-refractivity contribution in [3.63, 3.8) is 0 Å². The number of aromatic amines is 1. The molecular formula is C29H29N3O5S. The number of anilines is 1. The van der Waals surface area contributed by atoms with Crippen LogP contribution in [0.2, 0.25) is 0 Å². The van der Waals surface area contributed by atoms with E-state index in [0.717, 1.165) is 53.6 Å². The van der Waals surface area contributed by atoms with E-state index in [2.05, 4.69) is 15.3 Å². The van der Waals surface area contributed by atoms with Crippen LogP contribution in [0, 0.1) is 0 Å². The van der Waals surface area contributed by atoms with Gasteiger partial charge in [0, 0.05) is 10.4 Å². The molecule has 9 heteroatoms. The lowest BCUT2D eigenvalue weighted by Crippen LogP contribution is -2.32. The molecule has 1 unspecified atom stereocenters. The number of ether oxygens (including phenoxy) is 2. The molecule has 1 amide bonds. The number of fused-ring (bicyclic) bond motifs is 2. The third-order valence-electron chi connectivity index (χ3n) is 6.75. The normalized spacial score (nSPS) is 13.8. The number of benzene rings is 2. The molecule has 0 fully saturated rings. The molecule has 0 spiro atoms. The van der Waals surface area contributed by atoms with Crippen LogP contribution >= 0.6 is 11.3 Å². The number of nitrogens with zero attached hydrogens (tertiary/aromatic N) is 1. The van der Waals surface area contributed by atoms with Gasteiger partial charge in [0.25, 0.3) is 5.91 Å². The van der Waals surface area contributed by atoms with Crippen molar-refractivity contribution in [1.82, 2.24) is 9.97 Å². The van der Waals surface area contributed by atoms with Crippen molar-refractivity contribution in [3.8, 4) is 11.4 Å². The Kier molecular flexibility index (Phi) is 7.55. The van der Waals surface area contributed by atoms with Gasteiger partial charge < -0.3 is 19.8 Å². The van der Waals surface area contributed by atoms with Crippen molar-refractivity contribution in [3.05, 3.63) is 70.1 Å². The van der Waals surface area contributed by atoms with Crippen LogP contribution in [0.4, 0.5) is 5.00 Å². The van der Waals surface area contributed by atoms with Gasteiger partial charge >= 0.3 is 11.9 Å². The highest BCUT2D eigenvalue weighted by atomic mass is 32.1. The first-order valence-corrected chi connectivity index (χ1v) is 13.6. The number of esters is 2. The van der Waals surface area contributed by atoms with Crippen LogP contribution in [0.1, 0.15) is 63.8 Å². The second-order valence-electron chi connectivity index (χ2n) is 9.20. The van der Waals surface area contributed by atoms with Gasteiger partial charge in [0.2, 0.25) is 0 Å². The fraction of sp³-hybridized carbons (Fsp3) is 0.310. The Morgan fingerprint density at radius 1 is 1.03 bits per heavy atom. The third kappa shape index (κ3) is 5.06. The van der Waals surface area contributed by atoms with E-state index < -0.39 is 23.9 Å². The highest BCUT2D eigenvalue weighted by Crippen LogP contribution is 2.38. The van der Waals surface area contributed by atoms with Crippen LogP contribution in [0.15, 0.2) is 48.5 Å². The molecule has 38 heavy (non-hydrogen) atoms. The summed E-state index contributed by atoms with van der Waals surface area (Å²) in [5.74, 6) is -1.04. The van der Waals surface area contributed by atoms with Crippen molar-refractivity contribution >= 4 is 45.2 Å². The molecule has 1 aliphatic rings. The minimum Gasteiger partial charge on any atom is -0.465 e. The Bertz CT molecular complexity index is 1470. The van der Waals surface area contributed by atoms with Gasteiger partial charge in [-0.15, -0.1) is 11.3 Å². The largest absolute Gasteiger partial charge is 0.465 e. The standard InChI is InChI=1S/C29H29N3O5S/c1-3-22(26(33)32-27-24(29(35)36-2)19-13-5-4-6-16-23(19)38-27)37-28(34)18-12-8-7-11-17(18)25-30-20-14-9-10-15-21(20)31-25/h7-12,14-15,22H,3-6,13,16H2,1-2H3,(H,30,31)(H,32,33). The summed E-state index contributed by atoms with van der Waals surface area (Å²) in [4.78, 5) is 48.1. The molecular weight excluding hydrogens is 502 g/mol. The number of amides is 1. The summed E-state index contributed by atoms with van der Waals surface area (Å²) in [6.45, 7) is 1.77. The number of carbonyl (C=O) groups is 3. The number of rotatable bonds is 7. The predicted molar refractivity (Wildman–Crippen MR) is 147 cm³/mol. The zero-order valence-corrected chi connectivity index (χ0v) is 22.2. The van der Waals surface area contributed by atoms with Crippen LogP contribution in [-0.2, 0) is 27.1 Å². The minimum absolute atomic E-state index is 0.267. The highest BCUT2D eigenvalue weighted by Gasteiger charge is 2.29. The molecule has 2 aromatic heterocycles. The zero-order chi connectivity index (χ0) is 26.6. The predicted octanol–water partition coefficient (Wildman–Crippen LogP) is 5.92. The number of nitrogens with one attached hydrogen (secondary N) is 2. The number of thiophene rings is 1. The second-order valence-corrected chi connectivity index (χ2v) is 10.3. The molecule has 5 rings (SSSR count). The zero-order valence-electron chi connectivity index (χ0n) is 21.3. The van der Waals surface area contributed by atoms with Gasteiger partial charge in [0.1, 0.15) is 10.8 Å². The van der Waals surface area contributed by atoms with Gasteiger partial charge in [0.15, 0.2) is 6.10 Å². The first kappa shape index (κ1) is 25.7. The van der Waals surface area contributed by atoms with E-state index in [-0.39, 0.29) is 6.42 Å². The molecule has 4 aromatic rings. The Morgan fingerprint density at radius 3 is 2.58 bits per heavy atom. The lowest BCUT2D eigenvalue weighted by Gasteiger charge is -2.17. The molecule has 0 bridgehead atoms. The maximum absolute atomic E-state index is 13.3. The third-order valence-corrected chi connectivity index (χ3v) is 7.96. The number of aromatic nitrogens is 2. The summed E-state index contributed by atoms with van der Waals surface area (Å²) < 4.78 is 10.7. The van der Waals surface area contributed by atoms with Crippen molar-refractivity contribution in [1.29, 1.82) is 0 Å². The molecule has 0 saturated carbocycles. The molecule has 2 aromatic carbocycles. The van der Waals surface area contributed by atoms with E-state index >= 15 is 0 Å². The molecule has 2 N–H and O–H groups in total. The maximum atomic E-state index is 13.3. The average Bonchev–Trinajstić information content (AvgIpc) is 3.44. The van der Waals surface area contributed by atoms with Crippen molar-refractivity contribution in [2.75, 3.05) is 12.4 Å². The van der Waals surface area contributed by atoms with E-state index in [9.17, 15) is 14.4 Å². The van der Waals surface area contributed by atoms with Crippen LogP contribution in [0.25, 0.3) is 22.4 Å². The Labute approximate surface area is 224 Å². The van der Waals surface area contributed by atoms with E-state index in [1.165, 1.54) is 18.4 Å². The number of hydrogen-bond donors (Lipinski definition) is 2. The average molecular weight is 532 g/mol. The molecule has 8 nitrogen and oxygen atoms in total. The fourth-order valence-corrected chi connectivity index (χ4v) is 6.08. The highest BCUT2D eigenvalue weighted by molar-refractivity contribution is 7.17. The van der Waals surface area contributed by atoms with Gasteiger partial charge in [-0.05, 0) is 55.9 Å². The van der Waals surface area contributed by atoms with Gasteiger partial charge in [-0.3, -0.25) is 4.79 Å². The fourth-order valence-electron chi connectivity index (χ4n) is 4.80. The van der Waals surface area contributed by atoms with E-state index in [1.807, 2.05) is 30.3 Å². The summed E-state index contributed by atoms with van der Waals surface area (Å²) in [7, 11) is 1.34. The van der Waals surface area contributed by atoms with Gasteiger partial charge in [-0.1, -0.05) is 43.7 Å². The molecule has 0 radical (unpaired) electrons. The second kappa shape index (κ2) is 11.2. The summed E-state index contributed by atoms with van der Waals surface area (Å²) in [5.41, 5.74) is 3.90. The lowest BCUT2D eigenvalue weighted by atomic mass is 10.1. The topological polar surface area (TPSA) is 110 Å². The molecule has 2 heterocycles. The molecule has 0 saturated heterocycles. The molecule has 1 aliphatic carbocycles. The van der Waals surface area contributed by atoms with Crippen LogP contribution < -0.4 is 5.32 Å². The Balaban J connectivity index is 1.38. The van der Waals surface area contributed by atoms with Crippen molar-refractivity contribution in [2.24, 2.45) is 0 Å². The quantitative estimate of drug-likeness (QED) is 0.226. The number of carbonyl (C=O) groups excluding carboxylic acids is 3. The summed E-state index contributed by atoms with van der Waals surface area (Å²) in [6.07, 6.45) is 4.00. The van der Waals surface area contributed by atoms with Crippen molar-refractivity contribution in [2.45, 2.75) is 51.6 Å². The number of para-hydroxylation sites is 2. The maximum Gasteiger partial charge on any atom is 0.341 e. The SMILES string of the molecule is CCC(OC(=O)c1ccccc1-c1nc2ccccc2[nH]1)C(=O)Nc1sc2c(c1C(=O)OC)CCCCC2. The van der Waals surface area contributed by atoms with Crippen LogP contribution in [0.3, 0.4) is 0 Å². The summed E-state index contributed by atoms with van der Waals surface area (Å²) in [5, 5.41) is 3.31. The number of H-pyrrole nitrogens is 1. The number of aryl methyl sites for hydroxylation is 1. The smallest absolute Gasteiger partial charge is 0.341 e. The lowest BCUT2D eigenvalue weighted by molar-refractivity contribution is -0.124. The monoisotopic (exact) mass is 531 g/mol. The van der Waals surface area contributed by atoms with Crippen molar-refractivity contribution < 1.29 is 23.9 Å². The number of hydrogen-bond acceptors (Lipinski definition) is 7. The first-order valence-electron chi connectivity index (χ1n) is 12.8. The van der Waals surface area contributed by atoms with Gasteiger partial charge in [0.05, 0.1) is 29.3 Å². The molecule has 1 atom stereocenters. The van der Waals surface area contributed by atoms with Gasteiger partial charge in [-0.2, -0.15) is 0 Å². The number of methoxy groups -OCH3 is 1. The minimum atomic E-state index is -1.04. The van der Waals surface area contributed by atoms with E-state index in [1.54, 1.807) is 25.1 Å². The molecule has 196 valence electrons. The number of imidazole rings is 1. The summed E-state index contributed by atoms with van der Waals surface area (Å²) >= 11 is 1.41.